The fourth-order valence-electron chi connectivity index (χ4n) is 8.94. The average Bonchev–Trinajstić information content (AvgIpc) is 3.85. The fourth-order valence-corrected chi connectivity index (χ4v) is 8.94. The monoisotopic (exact) mass is 797 g/mol. The molecule has 59 heavy (non-hydrogen) atoms. The number of carbonyl (C=O) groups excluding carboxylic acids is 3. The Kier molecular flexibility index (Phi) is 9.77. The molecule has 0 unspecified atom stereocenters. The molecule has 2 aliphatic heterocycles. The van der Waals surface area contributed by atoms with Crippen LogP contribution in [0.1, 0.15) is 110 Å². The molecule has 0 radical (unpaired) electrons. The first kappa shape index (κ1) is 38.5. The van der Waals surface area contributed by atoms with Gasteiger partial charge >= 0.3 is 0 Å². The van der Waals surface area contributed by atoms with Gasteiger partial charge in [0, 0.05) is 66.2 Å². The maximum Gasteiger partial charge on any atom is 0.293 e. The highest BCUT2D eigenvalue weighted by Gasteiger charge is 2.36. The molecular formula is C45H48FN9O4. The minimum atomic E-state index is -0.523. The Labute approximate surface area is 341 Å². The number of imide groups is 1. The minimum absolute atomic E-state index is 0.0674. The molecule has 3 fully saturated rings. The molecule has 3 aromatic carbocycles. The van der Waals surface area contributed by atoms with Crippen LogP contribution in [0.3, 0.4) is 0 Å². The number of rotatable bonds is 8. The third-order valence-electron chi connectivity index (χ3n) is 12.5. The summed E-state index contributed by atoms with van der Waals surface area (Å²) >= 11 is 0. The molecule has 2 atom stereocenters. The van der Waals surface area contributed by atoms with Crippen molar-refractivity contribution in [1.29, 1.82) is 0 Å². The van der Waals surface area contributed by atoms with Gasteiger partial charge in [-0.25, -0.2) is 14.4 Å². The lowest BCUT2D eigenvalue weighted by Crippen LogP contribution is -2.53. The number of halogens is 1. The van der Waals surface area contributed by atoms with E-state index in [2.05, 4.69) is 88.0 Å². The van der Waals surface area contributed by atoms with Gasteiger partial charge in [-0.3, -0.25) is 24.6 Å². The Morgan fingerprint density at radius 3 is 2.44 bits per heavy atom. The Morgan fingerprint density at radius 2 is 1.73 bits per heavy atom. The molecule has 9 rings (SSSR count). The molecule has 0 bridgehead atoms. The zero-order valence-electron chi connectivity index (χ0n) is 33.9. The predicted octanol–water partition coefficient (Wildman–Crippen LogP) is 6.99. The molecule has 3 N–H and O–H groups in total. The Balaban J connectivity index is 0.846. The van der Waals surface area contributed by atoms with E-state index in [-0.39, 0.29) is 23.6 Å². The van der Waals surface area contributed by atoms with Gasteiger partial charge in [-0.1, -0.05) is 62.3 Å². The molecule has 1 aliphatic carbocycles. The van der Waals surface area contributed by atoms with Crippen LogP contribution in [-0.2, 0) is 15.0 Å². The molecule has 6 aromatic rings. The van der Waals surface area contributed by atoms with Gasteiger partial charge in [0.15, 0.2) is 0 Å². The van der Waals surface area contributed by atoms with E-state index >= 15 is 4.39 Å². The van der Waals surface area contributed by atoms with Crippen LogP contribution in [0.5, 0.6) is 0 Å². The van der Waals surface area contributed by atoms with E-state index < -0.39 is 23.2 Å². The normalized spacial score (nSPS) is 20.8. The van der Waals surface area contributed by atoms with Crippen molar-refractivity contribution in [2.75, 3.05) is 31.1 Å². The molecule has 14 heteroatoms. The zero-order valence-corrected chi connectivity index (χ0v) is 33.9. The minimum Gasteiger partial charge on any atom is -0.369 e. The summed E-state index contributed by atoms with van der Waals surface area (Å²) in [6, 6.07) is 18.4. The number of nitrogens with one attached hydrogen (secondary N) is 3. The number of nitrogens with zero attached hydrogens (tertiary/aromatic N) is 6. The van der Waals surface area contributed by atoms with Crippen molar-refractivity contribution in [2.45, 2.75) is 89.6 Å². The lowest BCUT2D eigenvalue weighted by molar-refractivity contribution is -0.134. The van der Waals surface area contributed by atoms with Crippen molar-refractivity contribution in [1.82, 2.24) is 40.6 Å². The van der Waals surface area contributed by atoms with Crippen molar-refractivity contribution < 1.29 is 23.3 Å². The summed E-state index contributed by atoms with van der Waals surface area (Å²) in [6.07, 6.45) is 4.66. The van der Waals surface area contributed by atoms with E-state index in [9.17, 15) is 14.4 Å². The summed E-state index contributed by atoms with van der Waals surface area (Å²) < 4.78 is 21.6. The van der Waals surface area contributed by atoms with Crippen LogP contribution in [0, 0.1) is 12.7 Å². The summed E-state index contributed by atoms with van der Waals surface area (Å²) in [5.41, 5.74) is 6.45. The number of piperazine rings is 1. The summed E-state index contributed by atoms with van der Waals surface area (Å²) in [7, 11) is 0. The van der Waals surface area contributed by atoms with E-state index in [0.717, 1.165) is 66.6 Å². The van der Waals surface area contributed by atoms with Crippen LogP contribution in [-0.4, -0.2) is 79.9 Å². The summed E-state index contributed by atoms with van der Waals surface area (Å²) in [5.74, 6) is -0.735. The van der Waals surface area contributed by atoms with Crippen LogP contribution in [0.4, 0.5) is 10.1 Å². The van der Waals surface area contributed by atoms with Gasteiger partial charge in [-0.05, 0) is 79.5 Å². The maximum absolute atomic E-state index is 16.3. The van der Waals surface area contributed by atoms with E-state index in [0.29, 0.717) is 58.7 Å². The van der Waals surface area contributed by atoms with Gasteiger partial charge in [-0.2, -0.15) is 4.98 Å². The summed E-state index contributed by atoms with van der Waals surface area (Å²) in [4.78, 5) is 58.7. The van der Waals surface area contributed by atoms with E-state index in [1.807, 2.05) is 26.8 Å². The lowest BCUT2D eigenvalue weighted by atomic mass is 9.74. The molecule has 3 aliphatic rings. The number of benzene rings is 3. The smallest absolute Gasteiger partial charge is 0.293 e. The molecule has 13 nitrogen and oxygen atoms in total. The van der Waals surface area contributed by atoms with Crippen molar-refractivity contribution >= 4 is 45.3 Å². The number of carbonyl (C=O) groups is 3. The van der Waals surface area contributed by atoms with Gasteiger partial charge in [0.1, 0.15) is 17.8 Å². The van der Waals surface area contributed by atoms with Crippen molar-refractivity contribution in [3.63, 3.8) is 0 Å². The first-order valence-corrected chi connectivity index (χ1v) is 20.5. The standard InChI is InChI=1S/C45H48FN9O4/c1-24-31(25(2)49-43(58)41-52-44(59-53-41)45(3,4)5)12-13-34(38(24)46)39-37-33-11-10-29(22-35(33)50-40(37)48-23-47-39)54-16-18-55(19-17-54)30-20-28(21-30)26-6-8-27(9-7-26)32-14-15-36(56)51-42(32)57/h6-13,22-23,25,28,30,32H,14-21H2,1-5H3,(H,49,58)(H,47,48,50)(H,51,56,57)/t25-,28?,30?,32+/m1/s1. The summed E-state index contributed by atoms with van der Waals surface area (Å²) in [5, 5.41) is 10.8. The lowest BCUT2D eigenvalue weighted by Gasteiger charge is -2.47. The van der Waals surface area contributed by atoms with E-state index in [1.54, 1.807) is 19.9 Å². The van der Waals surface area contributed by atoms with Crippen LogP contribution >= 0.6 is 0 Å². The van der Waals surface area contributed by atoms with Crippen LogP contribution < -0.4 is 15.5 Å². The molecular weight excluding hydrogens is 750 g/mol. The third-order valence-corrected chi connectivity index (χ3v) is 12.5. The van der Waals surface area contributed by atoms with Gasteiger partial charge < -0.3 is 19.7 Å². The third kappa shape index (κ3) is 7.23. The SMILES string of the molecule is Cc1c([C@@H](C)NC(=O)c2noc(C(C)(C)C)n2)ccc(-c2ncnc3[nH]c4cc(N5CCN(C6CC(c7ccc([C@@H]8CCC(=O)NC8=O)cc7)C6)CC5)ccc4c23)c1F. The molecule has 5 heterocycles. The number of aromatic nitrogens is 5. The highest BCUT2D eigenvalue weighted by Crippen LogP contribution is 2.42. The number of H-pyrrole nitrogens is 1. The molecule has 0 spiro atoms. The summed E-state index contributed by atoms with van der Waals surface area (Å²) in [6.45, 7) is 13.1. The van der Waals surface area contributed by atoms with Gasteiger partial charge in [0.25, 0.3) is 11.7 Å². The first-order valence-electron chi connectivity index (χ1n) is 20.5. The van der Waals surface area contributed by atoms with E-state index in [4.69, 9.17) is 4.52 Å². The van der Waals surface area contributed by atoms with Crippen molar-refractivity contribution in [3.8, 4) is 11.3 Å². The largest absolute Gasteiger partial charge is 0.369 e. The van der Waals surface area contributed by atoms with Crippen LogP contribution in [0.2, 0.25) is 0 Å². The maximum atomic E-state index is 16.3. The number of fused-ring (bicyclic) bond motifs is 3. The second-order valence-corrected chi connectivity index (χ2v) is 17.3. The number of piperidine rings is 1. The number of hydrogen-bond acceptors (Lipinski definition) is 10. The molecule has 2 saturated heterocycles. The van der Waals surface area contributed by atoms with Gasteiger partial charge in [0.05, 0.1) is 23.0 Å². The topological polar surface area (TPSA) is 162 Å². The Bertz CT molecular complexity index is 2600. The highest BCUT2D eigenvalue weighted by atomic mass is 19.1. The average molecular weight is 798 g/mol. The molecule has 3 aromatic heterocycles. The molecule has 304 valence electrons. The number of aromatic amines is 1. The van der Waals surface area contributed by atoms with Crippen LogP contribution in [0.25, 0.3) is 33.2 Å². The Hall–Kier alpha value is -6.02. The van der Waals surface area contributed by atoms with Crippen molar-refractivity contribution in [3.05, 3.63) is 101 Å². The highest BCUT2D eigenvalue weighted by molar-refractivity contribution is 6.12. The first-order chi connectivity index (χ1) is 28.3. The Morgan fingerprint density at radius 1 is 0.983 bits per heavy atom. The van der Waals surface area contributed by atoms with Crippen LogP contribution in [0.15, 0.2) is 65.4 Å². The zero-order chi connectivity index (χ0) is 41.2. The number of anilines is 1. The van der Waals surface area contributed by atoms with E-state index in [1.165, 1.54) is 11.9 Å². The van der Waals surface area contributed by atoms with Gasteiger partial charge in [-0.15, -0.1) is 0 Å². The molecule has 3 amide bonds. The second-order valence-electron chi connectivity index (χ2n) is 17.3. The fraction of sp³-hybridized carbons (Fsp3) is 0.400. The van der Waals surface area contributed by atoms with Crippen molar-refractivity contribution in [2.24, 2.45) is 0 Å². The second kappa shape index (κ2) is 15.0. The number of hydrogen-bond donors (Lipinski definition) is 3. The molecule has 1 saturated carbocycles. The predicted molar refractivity (Wildman–Crippen MR) is 222 cm³/mol. The van der Waals surface area contributed by atoms with Gasteiger partial charge in [0.2, 0.25) is 17.7 Å². The number of amides is 3. The quantitative estimate of drug-likeness (QED) is 0.137.